The third-order valence-corrected chi connectivity index (χ3v) is 5.37. The molecule has 0 saturated carbocycles. The summed E-state index contributed by atoms with van der Waals surface area (Å²) in [6.45, 7) is 3.99. The van der Waals surface area contributed by atoms with E-state index in [0.717, 1.165) is 21.4 Å². The normalized spacial score (nSPS) is 11.0. The fourth-order valence-electron chi connectivity index (χ4n) is 2.61. The van der Waals surface area contributed by atoms with Gasteiger partial charge in [-0.2, -0.15) is 10.2 Å². The molecule has 1 amide bonds. The van der Waals surface area contributed by atoms with Crippen LogP contribution in [0.25, 0.3) is 0 Å². The number of carbonyl (C=O) groups is 1. The van der Waals surface area contributed by atoms with Crippen molar-refractivity contribution in [3.05, 3.63) is 81.3 Å². The minimum absolute atomic E-state index is 0.0818. The maximum atomic E-state index is 13.6. The van der Waals surface area contributed by atoms with Gasteiger partial charge in [-0.05, 0) is 65.7 Å². The third kappa shape index (κ3) is 5.51. The molecular weight excluding hydrogens is 439 g/mol. The van der Waals surface area contributed by atoms with Crippen molar-refractivity contribution >= 4 is 28.1 Å². The number of hydrazone groups is 1. The van der Waals surface area contributed by atoms with Crippen LogP contribution in [0.4, 0.5) is 4.39 Å². The van der Waals surface area contributed by atoms with Crippen molar-refractivity contribution < 1.29 is 13.9 Å². The number of hydrogen-bond acceptors (Lipinski definition) is 4. The van der Waals surface area contributed by atoms with Gasteiger partial charge in [0.25, 0.3) is 5.91 Å². The van der Waals surface area contributed by atoms with Crippen molar-refractivity contribution in [1.82, 2.24) is 15.2 Å². The molecule has 0 fully saturated rings. The van der Waals surface area contributed by atoms with E-state index < -0.39 is 0 Å². The molecule has 0 saturated heterocycles. The molecule has 29 heavy (non-hydrogen) atoms. The first-order valence-corrected chi connectivity index (χ1v) is 9.71. The monoisotopic (exact) mass is 458 g/mol. The molecule has 0 spiro atoms. The number of nitrogens with one attached hydrogen (secondary N) is 1. The molecule has 3 aromatic rings. The molecule has 0 radical (unpaired) electrons. The maximum absolute atomic E-state index is 13.6. The van der Waals surface area contributed by atoms with Crippen LogP contribution in [0.2, 0.25) is 0 Å². The van der Waals surface area contributed by atoms with Gasteiger partial charge in [-0.15, -0.1) is 0 Å². The highest BCUT2D eigenvalue weighted by atomic mass is 79.9. The summed E-state index contributed by atoms with van der Waals surface area (Å²) in [7, 11) is 0. The molecule has 6 nitrogen and oxygen atoms in total. The number of aryl methyl sites for hydroxylation is 1. The van der Waals surface area contributed by atoms with E-state index in [4.69, 9.17) is 4.74 Å². The van der Waals surface area contributed by atoms with Crippen molar-refractivity contribution in [1.29, 1.82) is 0 Å². The average molecular weight is 459 g/mol. The van der Waals surface area contributed by atoms with Gasteiger partial charge in [0.2, 0.25) is 0 Å². The van der Waals surface area contributed by atoms with E-state index in [2.05, 4.69) is 31.6 Å². The number of carbonyl (C=O) groups excluding carboxylic acids is 1. The van der Waals surface area contributed by atoms with Gasteiger partial charge in [0, 0.05) is 5.56 Å². The molecule has 2 aromatic carbocycles. The summed E-state index contributed by atoms with van der Waals surface area (Å²) in [6, 6.07) is 13.6. The zero-order valence-electron chi connectivity index (χ0n) is 16.0. The summed E-state index contributed by atoms with van der Waals surface area (Å²) < 4.78 is 21.7. The Kier molecular flexibility index (Phi) is 6.77. The number of nitrogens with zero attached hydrogens (tertiary/aromatic N) is 3. The summed E-state index contributed by atoms with van der Waals surface area (Å²) in [5, 5.41) is 8.25. The van der Waals surface area contributed by atoms with Gasteiger partial charge in [-0.1, -0.05) is 18.2 Å². The highest BCUT2D eigenvalue weighted by molar-refractivity contribution is 9.10. The maximum Gasteiger partial charge on any atom is 0.261 e. The summed E-state index contributed by atoms with van der Waals surface area (Å²) in [4.78, 5) is 12.0. The molecular formula is C21H20BrFN4O2. The van der Waals surface area contributed by atoms with E-state index in [1.807, 2.05) is 13.8 Å². The molecule has 0 unspecified atom stereocenters. The molecule has 8 heteroatoms. The van der Waals surface area contributed by atoms with Crippen molar-refractivity contribution in [2.45, 2.75) is 27.0 Å². The number of rotatable bonds is 7. The zero-order valence-corrected chi connectivity index (χ0v) is 17.6. The summed E-state index contributed by atoms with van der Waals surface area (Å²) in [5.41, 5.74) is 5.48. The van der Waals surface area contributed by atoms with E-state index in [-0.39, 0.29) is 24.9 Å². The fourth-order valence-corrected chi connectivity index (χ4v) is 2.89. The molecule has 0 aliphatic carbocycles. The van der Waals surface area contributed by atoms with E-state index in [1.54, 1.807) is 47.1 Å². The first-order chi connectivity index (χ1) is 13.9. The predicted molar refractivity (Wildman–Crippen MR) is 112 cm³/mol. The Morgan fingerprint density at radius 2 is 1.97 bits per heavy atom. The number of amides is 1. The smallest absolute Gasteiger partial charge is 0.261 e. The highest BCUT2D eigenvalue weighted by Crippen LogP contribution is 2.19. The molecule has 3 rings (SSSR count). The van der Waals surface area contributed by atoms with Crippen LogP contribution in [0, 0.1) is 19.7 Å². The highest BCUT2D eigenvalue weighted by Gasteiger charge is 2.11. The van der Waals surface area contributed by atoms with Crippen LogP contribution in [0.1, 0.15) is 22.5 Å². The molecule has 1 N–H and O–H groups in total. The van der Waals surface area contributed by atoms with Crippen LogP contribution in [0.5, 0.6) is 5.75 Å². The van der Waals surface area contributed by atoms with E-state index in [9.17, 15) is 9.18 Å². The largest absolute Gasteiger partial charge is 0.489 e. The van der Waals surface area contributed by atoms with Crippen molar-refractivity contribution in [2.75, 3.05) is 0 Å². The minimum atomic E-state index is -0.292. The van der Waals surface area contributed by atoms with Gasteiger partial charge in [0.05, 0.1) is 22.1 Å². The Morgan fingerprint density at radius 3 is 2.62 bits per heavy atom. The Balaban J connectivity index is 1.50. The van der Waals surface area contributed by atoms with E-state index in [0.29, 0.717) is 11.3 Å². The second-order valence-electron chi connectivity index (χ2n) is 6.38. The van der Waals surface area contributed by atoms with Crippen molar-refractivity contribution in [2.24, 2.45) is 5.10 Å². The fraction of sp³-hybridized carbons (Fsp3) is 0.190. The van der Waals surface area contributed by atoms with Crippen LogP contribution in [-0.2, 0) is 17.9 Å². The molecule has 0 aliphatic heterocycles. The Morgan fingerprint density at radius 1 is 1.24 bits per heavy atom. The Bertz CT molecular complexity index is 1030. The quantitative estimate of drug-likeness (QED) is 0.427. The number of hydrogen-bond donors (Lipinski definition) is 1. The molecule has 150 valence electrons. The SMILES string of the molecule is Cc1nn(CC(=O)N/N=C/c2ccc(OCc3ccccc3F)cc2)c(C)c1Br. The van der Waals surface area contributed by atoms with Crippen LogP contribution in [0.3, 0.4) is 0 Å². The van der Waals surface area contributed by atoms with E-state index in [1.165, 1.54) is 12.3 Å². The van der Waals surface area contributed by atoms with Gasteiger partial charge in [-0.25, -0.2) is 9.82 Å². The van der Waals surface area contributed by atoms with Crippen molar-refractivity contribution in [3.63, 3.8) is 0 Å². The number of benzene rings is 2. The zero-order chi connectivity index (χ0) is 20.8. The standard InChI is InChI=1S/C21H20BrFN4O2/c1-14-21(22)15(2)27(26-14)12-20(28)25-24-11-16-7-9-18(10-8-16)29-13-17-5-3-4-6-19(17)23/h3-11H,12-13H2,1-2H3,(H,25,28)/b24-11+. The molecule has 0 atom stereocenters. The number of halogens is 2. The first-order valence-electron chi connectivity index (χ1n) is 8.91. The third-order valence-electron chi connectivity index (χ3n) is 4.22. The lowest BCUT2D eigenvalue weighted by atomic mass is 10.2. The molecule has 0 aliphatic rings. The Labute approximate surface area is 176 Å². The van der Waals surface area contributed by atoms with Crippen LogP contribution >= 0.6 is 15.9 Å². The lowest BCUT2D eigenvalue weighted by Gasteiger charge is -2.07. The van der Waals surface area contributed by atoms with Gasteiger partial charge >= 0.3 is 0 Å². The molecule has 1 heterocycles. The van der Waals surface area contributed by atoms with E-state index >= 15 is 0 Å². The summed E-state index contributed by atoms with van der Waals surface area (Å²) >= 11 is 3.43. The molecule has 0 bridgehead atoms. The lowest BCUT2D eigenvalue weighted by molar-refractivity contribution is -0.121. The predicted octanol–water partition coefficient (Wildman–Crippen LogP) is 4.13. The summed E-state index contributed by atoms with van der Waals surface area (Å²) in [6.07, 6.45) is 1.54. The minimum Gasteiger partial charge on any atom is -0.489 e. The number of ether oxygens (including phenoxy) is 1. The van der Waals surface area contributed by atoms with Gasteiger partial charge in [0.1, 0.15) is 24.7 Å². The van der Waals surface area contributed by atoms with Gasteiger partial charge in [-0.3, -0.25) is 9.48 Å². The number of aromatic nitrogens is 2. The second-order valence-corrected chi connectivity index (χ2v) is 7.18. The first kappa shape index (κ1) is 20.7. The van der Waals surface area contributed by atoms with Crippen LogP contribution < -0.4 is 10.2 Å². The topological polar surface area (TPSA) is 68.5 Å². The van der Waals surface area contributed by atoms with Crippen LogP contribution in [-0.4, -0.2) is 21.9 Å². The van der Waals surface area contributed by atoms with Crippen LogP contribution in [0.15, 0.2) is 58.1 Å². The Hall–Kier alpha value is -3.00. The summed E-state index contributed by atoms with van der Waals surface area (Å²) in [5.74, 6) is 0.0496. The average Bonchev–Trinajstić information content (AvgIpc) is 2.95. The second kappa shape index (κ2) is 9.47. The van der Waals surface area contributed by atoms with Gasteiger partial charge in [0.15, 0.2) is 0 Å². The molecule has 1 aromatic heterocycles. The van der Waals surface area contributed by atoms with Crippen molar-refractivity contribution in [3.8, 4) is 5.75 Å². The van der Waals surface area contributed by atoms with Gasteiger partial charge < -0.3 is 4.74 Å². The lowest BCUT2D eigenvalue weighted by Crippen LogP contribution is -2.24.